The van der Waals surface area contributed by atoms with Crippen LogP contribution in [0, 0.1) is 12.3 Å². The molecule has 0 spiro atoms. The Morgan fingerprint density at radius 1 is 1.22 bits per heavy atom. The number of benzene rings is 1. The first-order valence-electron chi connectivity index (χ1n) is 12.4. The number of methoxy groups -OCH3 is 1. The zero-order chi connectivity index (χ0) is 26.0. The van der Waals surface area contributed by atoms with Crippen molar-refractivity contribution in [1.82, 2.24) is 9.88 Å². The Hall–Kier alpha value is -2.88. The predicted molar refractivity (Wildman–Crippen MR) is 135 cm³/mol. The molecule has 1 aromatic carbocycles. The molecule has 3 heterocycles. The lowest BCUT2D eigenvalue weighted by molar-refractivity contribution is -0.141. The number of aromatic nitrogens is 1. The van der Waals surface area contributed by atoms with Gasteiger partial charge in [-0.3, -0.25) is 4.79 Å². The van der Waals surface area contributed by atoms with Crippen LogP contribution in [-0.4, -0.2) is 89.3 Å². The molecule has 36 heavy (non-hydrogen) atoms. The number of carbonyl (C=O) groups excluding carboxylic acids is 1. The van der Waals surface area contributed by atoms with E-state index in [1.165, 1.54) is 4.90 Å². The van der Waals surface area contributed by atoms with E-state index in [4.69, 9.17) is 9.47 Å². The van der Waals surface area contributed by atoms with Crippen molar-refractivity contribution in [2.75, 3.05) is 44.8 Å². The first-order valence-corrected chi connectivity index (χ1v) is 12.4. The van der Waals surface area contributed by atoms with E-state index in [2.05, 4.69) is 22.9 Å². The summed E-state index contributed by atoms with van der Waals surface area (Å²) in [5.74, 6) is 1.44. The second kappa shape index (κ2) is 10.6. The van der Waals surface area contributed by atoms with Gasteiger partial charge in [0, 0.05) is 43.6 Å². The molecule has 0 radical (unpaired) electrons. The first kappa shape index (κ1) is 26.2. The summed E-state index contributed by atoms with van der Waals surface area (Å²) in [6.45, 7) is 7.22. The quantitative estimate of drug-likeness (QED) is 0.503. The zero-order valence-electron chi connectivity index (χ0n) is 21.4. The lowest BCUT2D eigenvalue weighted by Gasteiger charge is -2.34. The van der Waals surface area contributed by atoms with Crippen LogP contribution in [0.2, 0.25) is 0 Å². The Morgan fingerprint density at radius 2 is 2.00 bits per heavy atom. The Kier molecular flexibility index (Phi) is 7.73. The lowest BCUT2D eigenvalue weighted by Crippen LogP contribution is -2.42. The molecule has 1 amide bonds. The number of aliphatic hydroxyl groups is 3. The monoisotopic (exact) mass is 499 g/mol. The van der Waals surface area contributed by atoms with Gasteiger partial charge in [-0.2, -0.15) is 0 Å². The number of hydrogen-bond donors (Lipinski definition) is 3. The standard InChI is InChI=1S/C27H37N3O6/c1-17-7-9-28-25(11-17)29-10-8-20(13-29)36-24-12-19(5-6-23(24)35-4)21-14-30(26(34)22(33)15-31)16-27(21,3)18(2)32/h5-7,9,11-12,18,20-22,31-33H,8,10,13-16H2,1-4H3/t18?,20?,21-,22?,27-/m0/s1. The third-order valence-corrected chi connectivity index (χ3v) is 7.71. The van der Waals surface area contributed by atoms with Crippen molar-refractivity contribution < 1.29 is 29.6 Å². The van der Waals surface area contributed by atoms with Gasteiger partial charge in [-0.25, -0.2) is 4.98 Å². The van der Waals surface area contributed by atoms with Crippen molar-refractivity contribution in [2.24, 2.45) is 5.41 Å². The van der Waals surface area contributed by atoms with E-state index in [9.17, 15) is 20.1 Å². The SMILES string of the molecule is COc1ccc([C@@H]2CN(C(=O)C(O)CO)C[C@@]2(C)C(C)O)cc1OC1CCN(c2cc(C)ccn2)C1. The van der Waals surface area contributed by atoms with E-state index in [-0.39, 0.29) is 18.6 Å². The van der Waals surface area contributed by atoms with Crippen molar-refractivity contribution in [3.63, 3.8) is 0 Å². The molecule has 9 heteroatoms. The van der Waals surface area contributed by atoms with Gasteiger partial charge < -0.3 is 34.6 Å². The van der Waals surface area contributed by atoms with Crippen molar-refractivity contribution in [3.05, 3.63) is 47.7 Å². The molecule has 2 saturated heterocycles. The van der Waals surface area contributed by atoms with Gasteiger partial charge in [0.25, 0.3) is 5.91 Å². The fraction of sp³-hybridized carbons (Fsp3) is 0.556. The van der Waals surface area contributed by atoms with Gasteiger partial charge in [0.05, 0.1) is 26.4 Å². The van der Waals surface area contributed by atoms with Gasteiger partial charge in [0.15, 0.2) is 17.6 Å². The maximum Gasteiger partial charge on any atom is 0.253 e. The molecule has 2 aliphatic rings. The van der Waals surface area contributed by atoms with Crippen LogP contribution in [0.25, 0.3) is 0 Å². The Morgan fingerprint density at radius 3 is 2.67 bits per heavy atom. The number of amides is 1. The van der Waals surface area contributed by atoms with Gasteiger partial charge in [-0.05, 0) is 49.2 Å². The topological polar surface area (TPSA) is 116 Å². The molecule has 3 N–H and O–H groups in total. The molecular formula is C27H37N3O6. The smallest absolute Gasteiger partial charge is 0.253 e. The predicted octanol–water partition coefficient (Wildman–Crippen LogP) is 1.72. The number of pyridine rings is 1. The molecule has 2 aromatic rings. The molecule has 4 rings (SSSR count). The fourth-order valence-corrected chi connectivity index (χ4v) is 5.29. The molecule has 2 aliphatic heterocycles. The third kappa shape index (κ3) is 5.14. The van der Waals surface area contributed by atoms with Crippen LogP contribution < -0.4 is 14.4 Å². The van der Waals surface area contributed by atoms with E-state index in [1.807, 2.05) is 37.4 Å². The number of hydrogen-bond acceptors (Lipinski definition) is 8. The molecule has 0 aliphatic carbocycles. The van der Waals surface area contributed by atoms with Crippen LogP contribution in [0.1, 0.15) is 37.3 Å². The summed E-state index contributed by atoms with van der Waals surface area (Å²) in [5, 5.41) is 29.8. The van der Waals surface area contributed by atoms with Gasteiger partial charge >= 0.3 is 0 Å². The van der Waals surface area contributed by atoms with Gasteiger partial charge in [-0.15, -0.1) is 0 Å². The second-order valence-electron chi connectivity index (χ2n) is 10.2. The average molecular weight is 500 g/mol. The Bertz CT molecular complexity index is 1080. The van der Waals surface area contributed by atoms with E-state index in [0.29, 0.717) is 24.6 Å². The zero-order valence-corrected chi connectivity index (χ0v) is 21.4. The van der Waals surface area contributed by atoms with Crippen LogP contribution in [0.3, 0.4) is 0 Å². The van der Waals surface area contributed by atoms with Crippen LogP contribution in [-0.2, 0) is 4.79 Å². The molecule has 2 fully saturated rings. The van der Waals surface area contributed by atoms with Crippen LogP contribution >= 0.6 is 0 Å². The summed E-state index contributed by atoms with van der Waals surface area (Å²) in [5.41, 5.74) is 1.44. The first-order chi connectivity index (χ1) is 17.2. The van der Waals surface area contributed by atoms with E-state index in [0.717, 1.165) is 29.9 Å². The molecule has 0 saturated carbocycles. The van der Waals surface area contributed by atoms with E-state index < -0.39 is 30.1 Å². The van der Waals surface area contributed by atoms with Gasteiger partial charge in [-0.1, -0.05) is 13.0 Å². The summed E-state index contributed by atoms with van der Waals surface area (Å²) in [7, 11) is 1.60. The van der Waals surface area contributed by atoms with Crippen molar-refractivity contribution in [3.8, 4) is 11.5 Å². The van der Waals surface area contributed by atoms with Crippen LogP contribution in [0.15, 0.2) is 36.5 Å². The molecule has 9 nitrogen and oxygen atoms in total. The van der Waals surface area contributed by atoms with E-state index in [1.54, 1.807) is 14.0 Å². The summed E-state index contributed by atoms with van der Waals surface area (Å²) in [4.78, 5) is 20.8. The van der Waals surface area contributed by atoms with Crippen LogP contribution in [0.5, 0.6) is 11.5 Å². The average Bonchev–Trinajstić information content (AvgIpc) is 3.48. The summed E-state index contributed by atoms with van der Waals surface area (Å²) in [6.07, 6.45) is 0.452. The minimum atomic E-state index is -1.47. The number of aryl methyl sites for hydroxylation is 1. The van der Waals surface area contributed by atoms with Crippen molar-refractivity contribution >= 4 is 11.7 Å². The number of anilines is 1. The summed E-state index contributed by atoms with van der Waals surface area (Å²) in [6, 6.07) is 9.78. The van der Waals surface area contributed by atoms with Gasteiger partial charge in [0.1, 0.15) is 11.9 Å². The highest BCUT2D eigenvalue weighted by Crippen LogP contribution is 2.47. The molecule has 1 aromatic heterocycles. The molecular weight excluding hydrogens is 462 g/mol. The number of rotatable bonds is 8. The largest absolute Gasteiger partial charge is 0.493 e. The number of ether oxygens (including phenoxy) is 2. The highest BCUT2D eigenvalue weighted by atomic mass is 16.5. The fourth-order valence-electron chi connectivity index (χ4n) is 5.29. The normalized spacial score (nSPS) is 25.6. The molecule has 5 atom stereocenters. The number of nitrogens with zero attached hydrogens (tertiary/aromatic N) is 3. The molecule has 196 valence electrons. The molecule has 3 unspecified atom stereocenters. The van der Waals surface area contributed by atoms with Crippen molar-refractivity contribution in [1.29, 1.82) is 0 Å². The van der Waals surface area contributed by atoms with E-state index >= 15 is 0 Å². The number of carbonyl (C=O) groups is 1. The maximum atomic E-state index is 12.6. The lowest BCUT2D eigenvalue weighted by atomic mass is 9.72. The molecule has 0 bridgehead atoms. The Balaban J connectivity index is 1.56. The summed E-state index contributed by atoms with van der Waals surface area (Å²) < 4.78 is 12.0. The van der Waals surface area contributed by atoms with Gasteiger partial charge in [0.2, 0.25) is 0 Å². The highest BCUT2D eigenvalue weighted by molar-refractivity contribution is 5.81. The minimum Gasteiger partial charge on any atom is -0.493 e. The Labute approximate surface area is 212 Å². The maximum absolute atomic E-state index is 12.6. The summed E-state index contributed by atoms with van der Waals surface area (Å²) >= 11 is 0. The highest BCUT2D eigenvalue weighted by Gasteiger charge is 2.49. The minimum absolute atomic E-state index is 0.0408. The third-order valence-electron chi connectivity index (χ3n) is 7.71. The van der Waals surface area contributed by atoms with Crippen molar-refractivity contribution in [2.45, 2.75) is 51.4 Å². The van der Waals surface area contributed by atoms with Crippen LogP contribution in [0.4, 0.5) is 5.82 Å². The number of aliphatic hydroxyl groups excluding tert-OH is 3. The second-order valence-corrected chi connectivity index (χ2v) is 10.2. The number of likely N-dealkylation sites (tertiary alicyclic amines) is 1.